The molecule has 1 aromatic carbocycles. The molecule has 0 fully saturated rings. The van der Waals surface area contributed by atoms with Crippen LogP contribution in [0.2, 0.25) is 0 Å². The van der Waals surface area contributed by atoms with Crippen LogP contribution >= 0.6 is 0 Å². The van der Waals surface area contributed by atoms with E-state index in [-0.39, 0.29) is 5.75 Å². The van der Waals surface area contributed by atoms with Crippen molar-refractivity contribution in [1.29, 1.82) is 0 Å². The highest BCUT2D eigenvalue weighted by atomic mass is 19.4. The number of rotatable bonds is 1. The van der Waals surface area contributed by atoms with E-state index in [2.05, 4.69) is 18.6 Å². The molecule has 0 saturated heterocycles. The molecule has 1 aromatic rings. The molecule has 1 nitrogen and oxygen atoms in total. The SMILES string of the molecule is CCC.Cc1ccc(OC(F)(F)F)cc1. The molecule has 0 aliphatic carbocycles. The van der Waals surface area contributed by atoms with E-state index < -0.39 is 6.36 Å². The Hall–Kier alpha value is -1.19. The largest absolute Gasteiger partial charge is 0.573 e. The Kier molecular flexibility index (Phi) is 5.82. The summed E-state index contributed by atoms with van der Waals surface area (Å²) in [5.74, 6) is -0.187. The summed E-state index contributed by atoms with van der Waals surface area (Å²) >= 11 is 0. The van der Waals surface area contributed by atoms with Gasteiger partial charge in [-0.2, -0.15) is 0 Å². The summed E-state index contributed by atoms with van der Waals surface area (Å²) in [5, 5.41) is 0. The van der Waals surface area contributed by atoms with E-state index in [0.717, 1.165) is 5.56 Å². The Balaban J connectivity index is 0.000000583. The van der Waals surface area contributed by atoms with Crippen LogP contribution in [0.4, 0.5) is 13.2 Å². The lowest BCUT2D eigenvalue weighted by atomic mass is 10.2. The third-order valence-corrected chi connectivity index (χ3v) is 1.25. The van der Waals surface area contributed by atoms with Crippen LogP contribution in [-0.4, -0.2) is 6.36 Å². The number of halogens is 3. The van der Waals surface area contributed by atoms with Crippen molar-refractivity contribution < 1.29 is 17.9 Å². The number of benzene rings is 1. The minimum atomic E-state index is -4.60. The van der Waals surface area contributed by atoms with E-state index in [0.29, 0.717) is 0 Å². The lowest BCUT2D eigenvalue weighted by molar-refractivity contribution is -0.274. The van der Waals surface area contributed by atoms with Crippen molar-refractivity contribution in [3.8, 4) is 5.75 Å². The highest BCUT2D eigenvalue weighted by molar-refractivity contribution is 5.26. The van der Waals surface area contributed by atoms with Gasteiger partial charge in [-0.15, -0.1) is 13.2 Å². The van der Waals surface area contributed by atoms with Crippen molar-refractivity contribution in [3.05, 3.63) is 29.8 Å². The van der Waals surface area contributed by atoms with E-state index >= 15 is 0 Å². The fraction of sp³-hybridized carbons (Fsp3) is 0.455. The van der Waals surface area contributed by atoms with Gasteiger partial charge in [-0.3, -0.25) is 0 Å². The van der Waals surface area contributed by atoms with Gasteiger partial charge >= 0.3 is 6.36 Å². The Morgan fingerprint density at radius 2 is 1.47 bits per heavy atom. The van der Waals surface area contributed by atoms with E-state index in [9.17, 15) is 13.2 Å². The first-order chi connectivity index (χ1) is 6.89. The lowest BCUT2D eigenvalue weighted by Crippen LogP contribution is -2.16. The van der Waals surface area contributed by atoms with Crippen molar-refractivity contribution >= 4 is 0 Å². The molecule has 0 radical (unpaired) electrons. The predicted octanol–water partition coefficient (Wildman–Crippen LogP) is 4.31. The second-order valence-corrected chi connectivity index (χ2v) is 3.07. The summed E-state index contributed by atoms with van der Waals surface area (Å²) in [5.41, 5.74) is 0.893. The van der Waals surface area contributed by atoms with Crippen LogP contribution < -0.4 is 4.74 Å². The summed E-state index contributed by atoms with van der Waals surface area (Å²) < 4.78 is 38.5. The van der Waals surface area contributed by atoms with Gasteiger partial charge < -0.3 is 4.74 Å². The maximum atomic E-state index is 11.6. The molecule has 0 N–H and O–H groups in total. The molecule has 0 bridgehead atoms. The molecule has 15 heavy (non-hydrogen) atoms. The first-order valence-electron chi connectivity index (χ1n) is 4.71. The topological polar surface area (TPSA) is 9.23 Å². The van der Waals surface area contributed by atoms with Gasteiger partial charge in [-0.25, -0.2) is 0 Å². The van der Waals surface area contributed by atoms with Gasteiger partial charge in [0.05, 0.1) is 0 Å². The Morgan fingerprint density at radius 3 is 1.80 bits per heavy atom. The molecule has 0 atom stereocenters. The molecule has 0 unspecified atom stereocenters. The summed E-state index contributed by atoms with van der Waals surface area (Å²) in [6.07, 6.45) is -3.35. The molecule has 0 amide bonds. The first kappa shape index (κ1) is 13.8. The standard InChI is InChI=1S/C8H7F3O.C3H8/c1-6-2-4-7(5-3-6)12-8(9,10)11;1-3-2/h2-5H,1H3;3H2,1-2H3. The summed E-state index contributed by atoms with van der Waals surface area (Å²) in [6.45, 7) is 6.04. The van der Waals surface area contributed by atoms with Crippen LogP contribution in [0.5, 0.6) is 5.75 Å². The number of aryl methyl sites for hydroxylation is 1. The number of alkyl halides is 3. The lowest BCUT2D eigenvalue weighted by Gasteiger charge is -2.08. The van der Waals surface area contributed by atoms with Gasteiger partial charge in [0.15, 0.2) is 0 Å². The monoisotopic (exact) mass is 220 g/mol. The molecule has 86 valence electrons. The molecule has 0 saturated carbocycles. The quantitative estimate of drug-likeness (QED) is 0.685. The van der Waals surface area contributed by atoms with Gasteiger partial charge in [-0.1, -0.05) is 38.0 Å². The summed E-state index contributed by atoms with van der Waals surface area (Å²) in [6, 6.07) is 5.67. The van der Waals surface area contributed by atoms with Gasteiger partial charge in [0, 0.05) is 0 Å². The second kappa shape index (κ2) is 6.32. The van der Waals surface area contributed by atoms with Gasteiger partial charge in [0.2, 0.25) is 0 Å². The summed E-state index contributed by atoms with van der Waals surface area (Å²) in [7, 11) is 0. The maximum absolute atomic E-state index is 11.6. The van der Waals surface area contributed by atoms with Crippen molar-refractivity contribution in [3.63, 3.8) is 0 Å². The molecular weight excluding hydrogens is 205 g/mol. The highest BCUT2D eigenvalue weighted by Gasteiger charge is 2.30. The Bertz CT molecular complexity index is 264. The molecule has 1 rings (SSSR count). The zero-order valence-electron chi connectivity index (χ0n) is 9.06. The molecule has 4 heteroatoms. The number of hydrogen-bond acceptors (Lipinski definition) is 1. The molecule has 0 spiro atoms. The zero-order valence-corrected chi connectivity index (χ0v) is 9.06. The normalized spacial score (nSPS) is 10.3. The number of hydrogen-bond donors (Lipinski definition) is 0. The number of ether oxygens (including phenoxy) is 1. The van der Waals surface area contributed by atoms with Crippen LogP contribution in [0, 0.1) is 6.92 Å². The maximum Gasteiger partial charge on any atom is 0.573 e. The zero-order chi connectivity index (χ0) is 11.9. The molecule has 0 aromatic heterocycles. The fourth-order valence-corrected chi connectivity index (χ4v) is 0.740. The van der Waals surface area contributed by atoms with E-state index in [4.69, 9.17) is 0 Å². The minimum absolute atomic E-state index is 0.187. The smallest absolute Gasteiger partial charge is 0.406 e. The first-order valence-corrected chi connectivity index (χ1v) is 4.71. The van der Waals surface area contributed by atoms with Gasteiger partial charge in [0.25, 0.3) is 0 Å². The average molecular weight is 220 g/mol. The second-order valence-electron chi connectivity index (χ2n) is 3.07. The molecule has 0 aliphatic heterocycles. The highest BCUT2D eigenvalue weighted by Crippen LogP contribution is 2.22. The minimum Gasteiger partial charge on any atom is -0.406 e. The Labute approximate surface area is 87.9 Å². The third kappa shape index (κ3) is 7.85. The third-order valence-electron chi connectivity index (χ3n) is 1.25. The van der Waals surface area contributed by atoms with E-state index in [1.165, 1.54) is 18.6 Å². The molecule has 0 heterocycles. The van der Waals surface area contributed by atoms with Crippen LogP contribution in [0.25, 0.3) is 0 Å². The predicted molar refractivity (Wildman–Crippen MR) is 53.8 cm³/mol. The summed E-state index contributed by atoms with van der Waals surface area (Å²) in [4.78, 5) is 0. The van der Waals surface area contributed by atoms with Gasteiger partial charge in [-0.05, 0) is 19.1 Å². The van der Waals surface area contributed by atoms with Gasteiger partial charge in [0.1, 0.15) is 5.75 Å². The van der Waals surface area contributed by atoms with E-state index in [1.54, 1.807) is 19.1 Å². The van der Waals surface area contributed by atoms with Crippen LogP contribution in [0.15, 0.2) is 24.3 Å². The molecule has 0 aliphatic rings. The van der Waals surface area contributed by atoms with Crippen molar-refractivity contribution in [1.82, 2.24) is 0 Å². The van der Waals surface area contributed by atoms with Crippen LogP contribution in [-0.2, 0) is 0 Å². The van der Waals surface area contributed by atoms with Crippen molar-refractivity contribution in [2.24, 2.45) is 0 Å². The molecular formula is C11H15F3O. The van der Waals surface area contributed by atoms with Crippen LogP contribution in [0.3, 0.4) is 0 Å². The van der Waals surface area contributed by atoms with E-state index in [1.807, 2.05) is 0 Å². The van der Waals surface area contributed by atoms with Crippen molar-refractivity contribution in [2.75, 3.05) is 0 Å². The Morgan fingerprint density at radius 1 is 1.07 bits per heavy atom. The van der Waals surface area contributed by atoms with Crippen LogP contribution in [0.1, 0.15) is 25.8 Å². The van der Waals surface area contributed by atoms with Crippen molar-refractivity contribution in [2.45, 2.75) is 33.6 Å². The average Bonchev–Trinajstić information content (AvgIpc) is 2.08. The fourth-order valence-electron chi connectivity index (χ4n) is 0.740.